The summed E-state index contributed by atoms with van der Waals surface area (Å²) in [6, 6.07) is 0. The van der Waals surface area contributed by atoms with E-state index in [-0.39, 0.29) is 0 Å². The summed E-state index contributed by atoms with van der Waals surface area (Å²) in [5.41, 5.74) is 2.16. The summed E-state index contributed by atoms with van der Waals surface area (Å²) in [7, 11) is 0. The van der Waals surface area contributed by atoms with Gasteiger partial charge in [-0.15, -0.1) is 0 Å². The Bertz CT molecular complexity index is 133. The fraction of sp³-hybridized carbons (Fsp3) is 0.778. The minimum Gasteiger partial charge on any atom is -0.0850 e. The van der Waals surface area contributed by atoms with Gasteiger partial charge in [-0.2, -0.15) is 0 Å². The highest BCUT2D eigenvalue weighted by Crippen LogP contribution is 2.40. The molecule has 0 fully saturated rings. The Morgan fingerprint density at radius 2 is 2.33 bits per heavy atom. The summed E-state index contributed by atoms with van der Waals surface area (Å²) in [6.45, 7) is 6.91. The lowest BCUT2D eigenvalue weighted by molar-refractivity contribution is 0.379. The molecule has 1 unspecified atom stereocenters. The lowest BCUT2D eigenvalue weighted by atomic mass is 9.82. The number of rotatable bonds is 1. The van der Waals surface area contributed by atoms with E-state index in [1.54, 1.807) is 5.57 Å². The van der Waals surface area contributed by atoms with Crippen LogP contribution in [0.3, 0.4) is 0 Å². The Labute approximate surface area is 58.0 Å². The molecule has 1 atom stereocenters. The Kier molecular flexibility index (Phi) is 1.65. The van der Waals surface area contributed by atoms with E-state index in [0.717, 1.165) is 0 Å². The summed E-state index contributed by atoms with van der Waals surface area (Å²) in [6.07, 6.45) is 6.35. The zero-order chi connectivity index (χ0) is 6.91. The Balaban J connectivity index is 2.70. The van der Waals surface area contributed by atoms with Crippen molar-refractivity contribution in [1.29, 1.82) is 0 Å². The van der Waals surface area contributed by atoms with Crippen LogP contribution < -0.4 is 0 Å². The van der Waals surface area contributed by atoms with E-state index in [1.165, 1.54) is 19.3 Å². The van der Waals surface area contributed by atoms with Gasteiger partial charge in [0.2, 0.25) is 0 Å². The number of hydrogen-bond acceptors (Lipinski definition) is 0. The second-order valence-corrected chi connectivity index (χ2v) is 3.34. The first-order chi connectivity index (χ1) is 4.19. The maximum atomic E-state index is 2.38. The standard InChI is InChI=1S/C9H16/c1-4-9(3)7-5-6-8(9)2/h6H,4-5,7H2,1-3H3. The molecule has 0 aromatic rings. The van der Waals surface area contributed by atoms with Crippen molar-refractivity contribution in [2.45, 2.75) is 40.0 Å². The van der Waals surface area contributed by atoms with Gasteiger partial charge in [-0.1, -0.05) is 25.5 Å². The van der Waals surface area contributed by atoms with Crippen molar-refractivity contribution in [3.05, 3.63) is 11.6 Å². The van der Waals surface area contributed by atoms with E-state index in [9.17, 15) is 0 Å². The van der Waals surface area contributed by atoms with Crippen molar-refractivity contribution in [2.75, 3.05) is 0 Å². The van der Waals surface area contributed by atoms with E-state index in [2.05, 4.69) is 26.8 Å². The maximum Gasteiger partial charge on any atom is -0.0119 e. The van der Waals surface area contributed by atoms with Crippen LogP contribution in [0.2, 0.25) is 0 Å². The molecular formula is C9H16. The van der Waals surface area contributed by atoms with Gasteiger partial charge in [0, 0.05) is 0 Å². The number of hydrogen-bond donors (Lipinski definition) is 0. The summed E-state index contributed by atoms with van der Waals surface area (Å²) >= 11 is 0. The molecule has 0 bridgehead atoms. The predicted molar refractivity (Wildman–Crippen MR) is 41.4 cm³/mol. The van der Waals surface area contributed by atoms with Crippen molar-refractivity contribution in [1.82, 2.24) is 0 Å². The van der Waals surface area contributed by atoms with Gasteiger partial charge in [-0.3, -0.25) is 0 Å². The van der Waals surface area contributed by atoms with Crippen LogP contribution in [0.25, 0.3) is 0 Å². The molecule has 0 aromatic heterocycles. The van der Waals surface area contributed by atoms with E-state index in [4.69, 9.17) is 0 Å². The summed E-state index contributed by atoms with van der Waals surface area (Å²) < 4.78 is 0. The smallest absolute Gasteiger partial charge is 0.0119 e. The molecule has 0 amide bonds. The SMILES string of the molecule is CCC1(C)CCC=C1C. The third-order valence-corrected chi connectivity index (χ3v) is 2.88. The first kappa shape index (κ1) is 6.85. The molecular weight excluding hydrogens is 108 g/mol. The normalized spacial score (nSPS) is 34.8. The first-order valence-corrected chi connectivity index (χ1v) is 3.86. The molecule has 1 rings (SSSR count). The lowest BCUT2D eigenvalue weighted by Gasteiger charge is -2.23. The molecule has 1 aliphatic carbocycles. The quantitative estimate of drug-likeness (QED) is 0.471. The van der Waals surface area contributed by atoms with Gasteiger partial charge < -0.3 is 0 Å². The monoisotopic (exact) mass is 124 g/mol. The average molecular weight is 124 g/mol. The van der Waals surface area contributed by atoms with Crippen molar-refractivity contribution in [3.63, 3.8) is 0 Å². The lowest BCUT2D eigenvalue weighted by Crippen LogP contribution is -2.11. The minimum absolute atomic E-state index is 0.556. The summed E-state index contributed by atoms with van der Waals surface area (Å²) in [4.78, 5) is 0. The highest BCUT2D eigenvalue weighted by Gasteiger charge is 2.26. The molecule has 0 aliphatic heterocycles. The number of allylic oxidation sites excluding steroid dienone is 2. The summed E-state index contributed by atoms with van der Waals surface area (Å²) in [5, 5.41) is 0. The molecule has 9 heavy (non-hydrogen) atoms. The maximum absolute atomic E-state index is 2.38. The second kappa shape index (κ2) is 2.17. The third kappa shape index (κ3) is 1.03. The van der Waals surface area contributed by atoms with Crippen LogP contribution in [-0.2, 0) is 0 Å². The predicted octanol–water partition coefficient (Wildman–Crippen LogP) is 3.14. The molecule has 0 radical (unpaired) electrons. The Morgan fingerprint density at radius 1 is 1.67 bits per heavy atom. The van der Waals surface area contributed by atoms with Crippen LogP contribution >= 0.6 is 0 Å². The minimum atomic E-state index is 0.556. The van der Waals surface area contributed by atoms with Gasteiger partial charge in [0.25, 0.3) is 0 Å². The van der Waals surface area contributed by atoms with Crippen LogP contribution in [0, 0.1) is 5.41 Å². The van der Waals surface area contributed by atoms with E-state index < -0.39 is 0 Å². The van der Waals surface area contributed by atoms with Crippen LogP contribution in [0.15, 0.2) is 11.6 Å². The van der Waals surface area contributed by atoms with Crippen LogP contribution in [0.4, 0.5) is 0 Å². The average Bonchev–Trinajstić information content (AvgIpc) is 2.15. The molecule has 1 aliphatic rings. The Hall–Kier alpha value is -0.260. The van der Waals surface area contributed by atoms with Gasteiger partial charge in [0.05, 0.1) is 0 Å². The molecule has 0 spiro atoms. The third-order valence-electron chi connectivity index (χ3n) is 2.88. The van der Waals surface area contributed by atoms with Gasteiger partial charge in [0.15, 0.2) is 0 Å². The van der Waals surface area contributed by atoms with E-state index in [1.807, 2.05) is 0 Å². The molecule has 0 nitrogen and oxygen atoms in total. The molecule has 0 aromatic carbocycles. The first-order valence-electron chi connectivity index (χ1n) is 3.86. The van der Waals surface area contributed by atoms with Gasteiger partial charge in [-0.05, 0) is 31.6 Å². The van der Waals surface area contributed by atoms with Gasteiger partial charge in [-0.25, -0.2) is 0 Å². The summed E-state index contributed by atoms with van der Waals surface area (Å²) in [5.74, 6) is 0. The van der Waals surface area contributed by atoms with Crippen molar-refractivity contribution < 1.29 is 0 Å². The van der Waals surface area contributed by atoms with Crippen LogP contribution in [0.1, 0.15) is 40.0 Å². The second-order valence-electron chi connectivity index (χ2n) is 3.34. The van der Waals surface area contributed by atoms with E-state index in [0.29, 0.717) is 5.41 Å². The largest absolute Gasteiger partial charge is 0.0850 e. The van der Waals surface area contributed by atoms with Gasteiger partial charge in [0.1, 0.15) is 0 Å². The fourth-order valence-corrected chi connectivity index (χ4v) is 1.51. The molecule has 0 heteroatoms. The van der Waals surface area contributed by atoms with Crippen LogP contribution in [0.5, 0.6) is 0 Å². The van der Waals surface area contributed by atoms with Crippen LogP contribution in [-0.4, -0.2) is 0 Å². The van der Waals surface area contributed by atoms with Crippen molar-refractivity contribution in [2.24, 2.45) is 5.41 Å². The molecule has 0 saturated carbocycles. The van der Waals surface area contributed by atoms with Crippen molar-refractivity contribution >= 4 is 0 Å². The van der Waals surface area contributed by atoms with Gasteiger partial charge >= 0.3 is 0 Å². The Morgan fingerprint density at radius 3 is 2.56 bits per heavy atom. The van der Waals surface area contributed by atoms with E-state index >= 15 is 0 Å². The highest BCUT2D eigenvalue weighted by molar-refractivity contribution is 5.15. The molecule has 52 valence electrons. The molecule has 0 N–H and O–H groups in total. The highest BCUT2D eigenvalue weighted by atomic mass is 14.3. The zero-order valence-electron chi connectivity index (χ0n) is 6.70. The molecule has 0 saturated heterocycles. The topological polar surface area (TPSA) is 0 Å². The fourth-order valence-electron chi connectivity index (χ4n) is 1.51. The zero-order valence-corrected chi connectivity index (χ0v) is 6.70. The van der Waals surface area contributed by atoms with Crippen molar-refractivity contribution in [3.8, 4) is 0 Å². The molecule has 0 heterocycles.